The maximum absolute atomic E-state index is 16.9. The highest BCUT2D eigenvalue weighted by Gasteiger charge is 2.49. The van der Waals surface area contributed by atoms with Crippen LogP contribution >= 0.6 is 0 Å². The van der Waals surface area contributed by atoms with Crippen LogP contribution in [-0.4, -0.2) is 95.7 Å². The first-order chi connectivity index (χ1) is 21.9. The number of nitrogens with zero attached hydrogens (tertiary/aromatic N) is 5. The van der Waals surface area contributed by atoms with E-state index in [1.807, 2.05) is 0 Å². The maximum atomic E-state index is 16.9. The Balaban J connectivity index is 1.31. The van der Waals surface area contributed by atoms with Crippen LogP contribution in [0.2, 0.25) is 0 Å². The normalized spacial score (nSPS) is 24.3. The zero-order valence-corrected chi connectivity index (χ0v) is 24.8. The highest BCUT2D eigenvalue weighted by atomic mass is 19.1. The smallest absolute Gasteiger partial charge is 0.319 e. The highest BCUT2D eigenvalue weighted by molar-refractivity contribution is 6.04. The van der Waals surface area contributed by atoms with Gasteiger partial charge in [0.2, 0.25) is 5.88 Å². The van der Waals surface area contributed by atoms with E-state index < -0.39 is 11.6 Å². The van der Waals surface area contributed by atoms with Gasteiger partial charge in [-0.1, -0.05) is 12.0 Å². The lowest BCUT2D eigenvalue weighted by Crippen LogP contribution is -2.53. The Labute approximate surface area is 258 Å². The number of anilines is 1. The molecule has 232 valence electrons. The largest absolute Gasteiger partial charge is 0.508 e. The molecule has 2 aromatic carbocycles. The molecule has 12 heteroatoms. The van der Waals surface area contributed by atoms with Crippen LogP contribution in [0.5, 0.6) is 17.6 Å². The molecule has 8 rings (SSSR count). The lowest BCUT2D eigenvalue weighted by molar-refractivity contribution is 0.0997. The molecule has 2 aromatic heterocycles. The molecule has 0 amide bonds. The predicted molar refractivity (Wildman–Crippen MR) is 164 cm³/mol. The number of ether oxygens (including phenoxy) is 3. The number of hydrogen-bond donors (Lipinski definition) is 2. The molecule has 4 aliphatic rings. The average molecular weight is 615 g/mol. The zero-order chi connectivity index (χ0) is 30.9. The van der Waals surface area contributed by atoms with Crippen molar-refractivity contribution in [3.05, 3.63) is 41.5 Å². The summed E-state index contributed by atoms with van der Waals surface area (Å²) < 4.78 is 50.1. The van der Waals surface area contributed by atoms with Crippen LogP contribution in [0.15, 0.2) is 24.3 Å². The summed E-state index contributed by atoms with van der Waals surface area (Å²) in [6.45, 7) is 4.41. The first-order valence-electron chi connectivity index (χ1n) is 15.2. The molecule has 0 aliphatic carbocycles. The maximum Gasteiger partial charge on any atom is 0.319 e. The van der Waals surface area contributed by atoms with E-state index in [2.05, 4.69) is 31.0 Å². The minimum atomic E-state index is -0.778. The summed E-state index contributed by atoms with van der Waals surface area (Å²) in [5.74, 6) is 1.45. The number of methoxy groups -OCH3 is 1. The van der Waals surface area contributed by atoms with Crippen LogP contribution in [0.3, 0.4) is 0 Å². The first kappa shape index (κ1) is 28.2. The minimum absolute atomic E-state index is 0.0358. The number of terminal acetylenes is 1. The molecule has 2 N–H and O–H groups in total. The number of nitrogens with one attached hydrogen (secondary N) is 1. The topological polar surface area (TPSA) is 105 Å². The Morgan fingerprint density at radius 3 is 2.93 bits per heavy atom. The van der Waals surface area contributed by atoms with Gasteiger partial charge < -0.3 is 29.5 Å². The van der Waals surface area contributed by atoms with Crippen molar-refractivity contribution in [1.82, 2.24) is 25.2 Å². The summed E-state index contributed by atoms with van der Waals surface area (Å²) in [5.41, 5.74) is -0.339. The fourth-order valence-corrected chi connectivity index (χ4v) is 7.60. The van der Waals surface area contributed by atoms with Crippen LogP contribution in [0.4, 0.5) is 14.6 Å². The van der Waals surface area contributed by atoms with Gasteiger partial charge in [0.05, 0.1) is 23.2 Å². The molecule has 0 bridgehead atoms. The molecule has 3 atom stereocenters. The van der Waals surface area contributed by atoms with E-state index in [4.69, 9.17) is 25.6 Å². The van der Waals surface area contributed by atoms with Gasteiger partial charge in [-0.15, -0.1) is 6.42 Å². The molecule has 3 unspecified atom stereocenters. The Morgan fingerprint density at radius 2 is 2.09 bits per heavy atom. The van der Waals surface area contributed by atoms with Gasteiger partial charge in [0.15, 0.2) is 5.82 Å². The molecule has 3 fully saturated rings. The molecule has 4 aliphatic heterocycles. The van der Waals surface area contributed by atoms with Crippen molar-refractivity contribution in [2.45, 2.75) is 36.9 Å². The number of rotatable bonds is 5. The Hall–Kier alpha value is -4.31. The third kappa shape index (κ3) is 4.44. The summed E-state index contributed by atoms with van der Waals surface area (Å²) in [7, 11) is 1.73. The predicted octanol–water partition coefficient (Wildman–Crippen LogP) is 3.61. The number of aromatic hydroxyl groups is 1. The van der Waals surface area contributed by atoms with Crippen LogP contribution in [0.25, 0.3) is 32.9 Å². The number of phenolic OH excluding ortho intramolecular Hbond substituents is 1. The number of hydrogen-bond acceptors (Lipinski definition) is 10. The number of pyridine rings is 1. The summed E-state index contributed by atoms with van der Waals surface area (Å²) in [6, 6.07) is 5.45. The number of phenols is 1. The molecule has 6 heterocycles. The van der Waals surface area contributed by atoms with E-state index in [1.54, 1.807) is 7.11 Å². The van der Waals surface area contributed by atoms with Crippen molar-refractivity contribution in [3.63, 3.8) is 0 Å². The summed E-state index contributed by atoms with van der Waals surface area (Å²) in [6.07, 6.45) is 8.70. The number of fused-ring (bicyclic) bond motifs is 4. The van der Waals surface area contributed by atoms with E-state index in [0.717, 1.165) is 32.4 Å². The molecule has 0 spiro atoms. The minimum Gasteiger partial charge on any atom is -0.508 e. The molecule has 3 saturated heterocycles. The summed E-state index contributed by atoms with van der Waals surface area (Å²) >= 11 is 0. The monoisotopic (exact) mass is 614 g/mol. The summed E-state index contributed by atoms with van der Waals surface area (Å²) in [5, 5.41) is 15.0. The first-order valence-corrected chi connectivity index (χ1v) is 15.2. The molecule has 0 radical (unpaired) electrons. The number of benzene rings is 2. The second kappa shape index (κ2) is 10.7. The molecule has 0 saturated carbocycles. The molecule has 4 aromatic rings. The highest BCUT2D eigenvalue weighted by Crippen LogP contribution is 2.44. The fourth-order valence-electron chi connectivity index (χ4n) is 7.60. The van der Waals surface area contributed by atoms with E-state index in [0.29, 0.717) is 42.8 Å². The zero-order valence-electron chi connectivity index (χ0n) is 24.8. The lowest BCUT2D eigenvalue weighted by atomic mass is 9.94. The van der Waals surface area contributed by atoms with Gasteiger partial charge in [-0.25, -0.2) is 13.8 Å². The third-order valence-corrected chi connectivity index (χ3v) is 9.77. The van der Waals surface area contributed by atoms with Gasteiger partial charge in [0.1, 0.15) is 47.2 Å². The second-order valence-corrected chi connectivity index (χ2v) is 12.3. The van der Waals surface area contributed by atoms with Crippen molar-refractivity contribution >= 4 is 27.5 Å². The van der Waals surface area contributed by atoms with Crippen molar-refractivity contribution in [2.75, 3.05) is 57.9 Å². The average Bonchev–Trinajstić information content (AvgIpc) is 3.55. The summed E-state index contributed by atoms with van der Waals surface area (Å²) in [4.78, 5) is 18.6. The van der Waals surface area contributed by atoms with Gasteiger partial charge >= 0.3 is 6.01 Å². The molecule has 45 heavy (non-hydrogen) atoms. The van der Waals surface area contributed by atoms with Crippen molar-refractivity contribution < 1.29 is 28.1 Å². The van der Waals surface area contributed by atoms with Gasteiger partial charge in [-0.05, 0) is 49.4 Å². The van der Waals surface area contributed by atoms with E-state index in [-0.39, 0.29) is 69.7 Å². The molecular formula is C33H32F2N6O4. The number of aromatic nitrogens is 3. The van der Waals surface area contributed by atoms with E-state index in [1.165, 1.54) is 24.3 Å². The van der Waals surface area contributed by atoms with E-state index >= 15 is 4.39 Å². The third-order valence-electron chi connectivity index (χ3n) is 9.77. The van der Waals surface area contributed by atoms with Crippen molar-refractivity contribution in [2.24, 2.45) is 0 Å². The van der Waals surface area contributed by atoms with Gasteiger partial charge in [-0.3, -0.25) is 4.90 Å². The number of piperazine rings is 1. The van der Waals surface area contributed by atoms with Crippen molar-refractivity contribution in [1.29, 1.82) is 0 Å². The standard InChI is InChI=1S/C33H32F2N6O4/c1-3-22-24(34)6-5-18-11-20(42)12-23(25(18)22)28-27(35)29-26-30(41-10-8-36-14-19(41)16-44-31(26)37-28)39-32(38-29)45-17-33-7-4-9-40(33)15-21(13-33)43-2/h1,5-6,11-12,19,21,36,42H,4,7-10,13-17H2,2H3. The molecular weight excluding hydrogens is 582 g/mol. The lowest BCUT2D eigenvalue weighted by Gasteiger charge is -2.35. The second-order valence-electron chi connectivity index (χ2n) is 12.3. The van der Waals surface area contributed by atoms with Crippen LogP contribution in [0.1, 0.15) is 24.8 Å². The van der Waals surface area contributed by atoms with Crippen molar-refractivity contribution in [3.8, 4) is 41.2 Å². The van der Waals surface area contributed by atoms with E-state index in [9.17, 15) is 9.50 Å². The van der Waals surface area contributed by atoms with Crippen LogP contribution < -0.4 is 19.7 Å². The van der Waals surface area contributed by atoms with Crippen LogP contribution in [-0.2, 0) is 4.74 Å². The van der Waals surface area contributed by atoms with Crippen LogP contribution in [0, 0.1) is 24.0 Å². The van der Waals surface area contributed by atoms with Gasteiger partial charge in [-0.2, -0.15) is 9.97 Å². The Bertz CT molecular complexity index is 1900. The fraction of sp³-hybridized carbons (Fsp3) is 0.424. The van der Waals surface area contributed by atoms with Gasteiger partial charge in [0, 0.05) is 44.2 Å². The SMILES string of the molecule is C#Cc1c(F)ccc2cc(O)cc(-c3nc4c5c(nc(OCC67CCCN6CC(OC)C7)nc5c3F)N3CCNCC3CO4)c12. The Kier molecular flexibility index (Phi) is 6.67. The van der Waals surface area contributed by atoms with Gasteiger partial charge in [0.25, 0.3) is 0 Å². The quantitative estimate of drug-likeness (QED) is 0.324. The molecule has 10 nitrogen and oxygen atoms in total. The number of halogens is 2. The Morgan fingerprint density at radius 1 is 1.20 bits per heavy atom.